The van der Waals surface area contributed by atoms with E-state index in [9.17, 15) is 9.59 Å². The minimum Gasteiger partial charge on any atom is -0.494 e. The molecule has 0 aliphatic carbocycles. The van der Waals surface area contributed by atoms with Gasteiger partial charge in [-0.2, -0.15) is 0 Å². The van der Waals surface area contributed by atoms with Gasteiger partial charge in [0.25, 0.3) is 5.91 Å². The summed E-state index contributed by atoms with van der Waals surface area (Å²) >= 11 is 0. The van der Waals surface area contributed by atoms with Crippen LogP contribution in [0.2, 0.25) is 0 Å². The summed E-state index contributed by atoms with van der Waals surface area (Å²) in [4.78, 5) is 23.2. The zero-order chi connectivity index (χ0) is 14.5. The largest absolute Gasteiger partial charge is 0.494 e. The number of carbonyl (C=O) groups is 2. The first-order valence-electron chi connectivity index (χ1n) is 6.69. The van der Waals surface area contributed by atoms with Crippen molar-refractivity contribution in [2.24, 2.45) is 0 Å². The third-order valence-corrected chi connectivity index (χ3v) is 3.10. The van der Waals surface area contributed by atoms with Crippen LogP contribution in [0.3, 0.4) is 0 Å². The fraction of sp³-hybridized carbons (Fsp3) is 0.429. The number of anilines is 1. The summed E-state index contributed by atoms with van der Waals surface area (Å²) in [5.74, 6) is 0.395. The first kappa shape index (κ1) is 14.2. The average molecular weight is 277 g/mol. The minimum absolute atomic E-state index is 0.0260. The number of amides is 2. The second-order valence-electron chi connectivity index (χ2n) is 4.74. The summed E-state index contributed by atoms with van der Waals surface area (Å²) in [6.45, 7) is 2.85. The van der Waals surface area contributed by atoms with Crippen LogP contribution in [0.15, 0.2) is 18.2 Å². The van der Waals surface area contributed by atoms with Gasteiger partial charge in [-0.05, 0) is 25.5 Å². The van der Waals surface area contributed by atoms with Gasteiger partial charge in [0.1, 0.15) is 5.75 Å². The number of benzene rings is 1. The molecule has 1 aromatic carbocycles. The number of nitrogens with two attached hydrogens (primary N) is 1. The Morgan fingerprint density at radius 2 is 2.30 bits per heavy atom. The monoisotopic (exact) mass is 277 g/mol. The molecule has 20 heavy (non-hydrogen) atoms. The standard InChI is InChI=1S/C14H19N3O3/c1-2-20-12-6-9(5-10(15)7-12)14(19)17-11-3-4-13(18)16-8-11/h5-7,11H,2-4,8,15H2,1H3,(H,16,18)(H,17,19). The molecule has 0 bridgehead atoms. The maximum Gasteiger partial charge on any atom is 0.251 e. The number of carbonyl (C=O) groups excluding carboxylic acids is 2. The van der Waals surface area contributed by atoms with Crippen molar-refractivity contribution in [2.75, 3.05) is 18.9 Å². The number of ether oxygens (including phenoxy) is 1. The summed E-state index contributed by atoms with van der Waals surface area (Å²) in [5.41, 5.74) is 6.71. The lowest BCUT2D eigenvalue weighted by Gasteiger charge is -2.23. The van der Waals surface area contributed by atoms with E-state index in [1.165, 1.54) is 0 Å². The molecule has 6 heteroatoms. The molecule has 1 aliphatic heterocycles. The van der Waals surface area contributed by atoms with E-state index in [1.807, 2.05) is 6.92 Å². The van der Waals surface area contributed by atoms with Crippen LogP contribution in [0.1, 0.15) is 30.1 Å². The van der Waals surface area contributed by atoms with E-state index in [0.717, 1.165) is 0 Å². The molecule has 1 fully saturated rings. The average Bonchev–Trinajstić information content (AvgIpc) is 2.41. The van der Waals surface area contributed by atoms with E-state index in [-0.39, 0.29) is 17.9 Å². The molecular formula is C14H19N3O3. The Morgan fingerprint density at radius 3 is 2.95 bits per heavy atom. The van der Waals surface area contributed by atoms with Crippen LogP contribution < -0.4 is 21.1 Å². The molecule has 1 unspecified atom stereocenters. The SMILES string of the molecule is CCOc1cc(N)cc(C(=O)NC2CCC(=O)NC2)c1. The molecular weight excluding hydrogens is 258 g/mol. The van der Waals surface area contributed by atoms with Gasteiger partial charge in [-0.1, -0.05) is 0 Å². The number of nitrogens with one attached hydrogen (secondary N) is 2. The van der Waals surface area contributed by atoms with Crippen LogP contribution in [0.5, 0.6) is 5.75 Å². The topological polar surface area (TPSA) is 93.4 Å². The molecule has 0 spiro atoms. The zero-order valence-electron chi connectivity index (χ0n) is 11.4. The molecule has 4 N–H and O–H groups in total. The fourth-order valence-corrected chi connectivity index (χ4v) is 2.13. The van der Waals surface area contributed by atoms with Gasteiger partial charge in [0.15, 0.2) is 0 Å². The van der Waals surface area contributed by atoms with Crippen molar-refractivity contribution in [3.05, 3.63) is 23.8 Å². The molecule has 0 aromatic heterocycles. The molecule has 1 saturated heterocycles. The summed E-state index contributed by atoms with van der Waals surface area (Å²) in [5, 5.41) is 5.62. The maximum atomic E-state index is 12.2. The summed E-state index contributed by atoms with van der Waals surface area (Å²) in [6.07, 6.45) is 1.09. The fourth-order valence-electron chi connectivity index (χ4n) is 2.13. The van der Waals surface area contributed by atoms with Crippen molar-refractivity contribution >= 4 is 17.5 Å². The van der Waals surface area contributed by atoms with Crippen LogP contribution in [0, 0.1) is 0 Å². The van der Waals surface area contributed by atoms with E-state index in [4.69, 9.17) is 10.5 Å². The van der Waals surface area contributed by atoms with Crippen molar-refractivity contribution < 1.29 is 14.3 Å². The molecule has 1 aromatic rings. The van der Waals surface area contributed by atoms with Crippen molar-refractivity contribution in [1.29, 1.82) is 0 Å². The number of nitrogen functional groups attached to an aromatic ring is 1. The third-order valence-electron chi connectivity index (χ3n) is 3.10. The Labute approximate surface area is 117 Å². The van der Waals surface area contributed by atoms with Gasteiger partial charge in [0, 0.05) is 36.3 Å². The highest BCUT2D eigenvalue weighted by molar-refractivity contribution is 5.95. The number of hydrogen-bond donors (Lipinski definition) is 3. The Hall–Kier alpha value is -2.24. The van der Waals surface area contributed by atoms with Crippen molar-refractivity contribution in [3.63, 3.8) is 0 Å². The lowest BCUT2D eigenvalue weighted by molar-refractivity contribution is -0.122. The Bertz CT molecular complexity index is 506. The summed E-state index contributed by atoms with van der Waals surface area (Å²) < 4.78 is 5.36. The van der Waals surface area contributed by atoms with Crippen LogP contribution >= 0.6 is 0 Å². The summed E-state index contributed by atoms with van der Waals surface area (Å²) in [6, 6.07) is 4.91. The van der Waals surface area contributed by atoms with Gasteiger partial charge < -0.3 is 21.1 Å². The minimum atomic E-state index is -0.209. The molecule has 2 amide bonds. The first-order chi connectivity index (χ1) is 9.58. The predicted octanol–water partition coefficient (Wildman–Crippen LogP) is 0.676. The Morgan fingerprint density at radius 1 is 1.50 bits per heavy atom. The molecule has 1 heterocycles. The van der Waals surface area contributed by atoms with Crippen LogP contribution in [0.4, 0.5) is 5.69 Å². The summed E-state index contributed by atoms with van der Waals surface area (Å²) in [7, 11) is 0. The second kappa shape index (κ2) is 6.27. The Kier molecular flexibility index (Phi) is 4.45. The van der Waals surface area contributed by atoms with Gasteiger partial charge in [-0.3, -0.25) is 9.59 Å². The second-order valence-corrected chi connectivity index (χ2v) is 4.74. The lowest BCUT2D eigenvalue weighted by atomic mass is 10.1. The molecule has 1 aliphatic rings. The highest BCUT2D eigenvalue weighted by Gasteiger charge is 2.20. The quantitative estimate of drug-likeness (QED) is 0.705. The van der Waals surface area contributed by atoms with Gasteiger partial charge in [0.05, 0.1) is 6.61 Å². The molecule has 2 rings (SSSR count). The van der Waals surface area contributed by atoms with Gasteiger partial charge in [-0.25, -0.2) is 0 Å². The number of rotatable bonds is 4. The normalized spacial score (nSPS) is 18.2. The molecule has 108 valence electrons. The van der Waals surface area contributed by atoms with Gasteiger partial charge in [-0.15, -0.1) is 0 Å². The zero-order valence-corrected chi connectivity index (χ0v) is 11.4. The maximum absolute atomic E-state index is 12.2. The molecule has 6 nitrogen and oxygen atoms in total. The van der Waals surface area contributed by atoms with E-state index < -0.39 is 0 Å². The van der Waals surface area contributed by atoms with E-state index in [1.54, 1.807) is 18.2 Å². The predicted molar refractivity (Wildman–Crippen MR) is 75.5 cm³/mol. The van der Waals surface area contributed by atoms with E-state index in [2.05, 4.69) is 10.6 Å². The van der Waals surface area contributed by atoms with Crippen LogP contribution in [-0.2, 0) is 4.79 Å². The van der Waals surface area contributed by atoms with Gasteiger partial charge >= 0.3 is 0 Å². The highest BCUT2D eigenvalue weighted by Crippen LogP contribution is 2.19. The van der Waals surface area contributed by atoms with Crippen molar-refractivity contribution in [3.8, 4) is 5.75 Å². The highest BCUT2D eigenvalue weighted by atomic mass is 16.5. The molecule has 0 radical (unpaired) electrons. The number of piperidine rings is 1. The van der Waals surface area contributed by atoms with E-state index >= 15 is 0 Å². The smallest absolute Gasteiger partial charge is 0.251 e. The van der Waals surface area contributed by atoms with Crippen LogP contribution in [0.25, 0.3) is 0 Å². The van der Waals surface area contributed by atoms with Gasteiger partial charge in [0.2, 0.25) is 5.91 Å². The van der Waals surface area contributed by atoms with Crippen molar-refractivity contribution in [1.82, 2.24) is 10.6 Å². The third kappa shape index (κ3) is 3.63. The lowest BCUT2D eigenvalue weighted by Crippen LogP contribution is -2.47. The Balaban J connectivity index is 2.03. The molecule has 1 atom stereocenters. The van der Waals surface area contributed by atoms with Crippen molar-refractivity contribution in [2.45, 2.75) is 25.8 Å². The van der Waals surface area contributed by atoms with Crippen LogP contribution in [-0.4, -0.2) is 31.0 Å². The molecule has 0 saturated carbocycles. The first-order valence-corrected chi connectivity index (χ1v) is 6.69. The van der Waals surface area contributed by atoms with E-state index in [0.29, 0.717) is 43.0 Å². The number of hydrogen-bond acceptors (Lipinski definition) is 4.